The number of ketones is 2. The second-order valence-electron chi connectivity index (χ2n) is 8.85. The summed E-state index contributed by atoms with van der Waals surface area (Å²) in [6.45, 7) is 2.15. The van der Waals surface area contributed by atoms with E-state index in [0.29, 0.717) is 42.8 Å². The Morgan fingerprint density at radius 1 is 1.04 bits per heavy atom. The van der Waals surface area contributed by atoms with E-state index in [-0.39, 0.29) is 17.3 Å². The quantitative estimate of drug-likeness (QED) is 0.551. The zero-order valence-electron chi connectivity index (χ0n) is 13.7. The van der Waals surface area contributed by atoms with E-state index in [9.17, 15) is 14.4 Å². The molecule has 7 atom stereocenters. The van der Waals surface area contributed by atoms with Crippen LogP contribution >= 0.6 is 0 Å². The van der Waals surface area contributed by atoms with Crippen LogP contribution in [-0.2, 0) is 19.1 Å². The Morgan fingerprint density at radius 2 is 1.87 bits per heavy atom. The van der Waals surface area contributed by atoms with E-state index in [1.807, 2.05) is 0 Å². The predicted molar refractivity (Wildman–Crippen MR) is 81.6 cm³/mol. The first-order valence-electron chi connectivity index (χ1n) is 9.19. The number of ether oxygens (including phenoxy) is 1. The molecule has 4 saturated carbocycles. The molecule has 1 heterocycles. The van der Waals surface area contributed by atoms with E-state index < -0.39 is 11.0 Å². The fourth-order valence-electron chi connectivity index (χ4n) is 7.18. The molecule has 1 spiro atoms. The third-order valence-corrected chi connectivity index (χ3v) is 8.43. The van der Waals surface area contributed by atoms with Gasteiger partial charge in [0.1, 0.15) is 23.8 Å². The van der Waals surface area contributed by atoms with Crippen LogP contribution in [0.15, 0.2) is 0 Å². The normalized spacial score (nSPS) is 57.1. The summed E-state index contributed by atoms with van der Waals surface area (Å²) in [6.07, 6.45) is 7.34. The Hall–Kier alpha value is -1.03. The van der Waals surface area contributed by atoms with E-state index in [1.54, 1.807) is 0 Å². The summed E-state index contributed by atoms with van der Waals surface area (Å²) in [5.41, 5.74) is -1.12. The van der Waals surface area contributed by atoms with Gasteiger partial charge >= 0.3 is 0 Å². The number of fused-ring (bicyclic) bond motifs is 4. The Kier molecular flexibility index (Phi) is 2.58. The van der Waals surface area contributed by atoms with Crippen molar-refractivity contribution >= 4 is 17.9 Å². The van der Waals surface area contributed by atoms with Gasteiger partial charge in [-0.25, -0.2) is 0 Å². The second-order valence-corrected chi connectivity index (χ2v) is 8.85. The Bertz CT molecular complexity index is 627. The fraction of sp³-hybridized carbons (Fsp3) is 0.842. The second kappa shape index (κ2) is 4.14. The van der Waals surface area contributed by atoms with Crippen molar-refractivity contribution in [3.63, 3.8) is 0 Å². The SMILES string of the molecule is C[C@]12CC[C@H]3[C@@H](CC[C@@]45O[C@@H]4C(=O)CC[C@]35C=O)[C@@H]1CCC2=O. The average Bonchev–Trinajstić information content (AvgIpc) is 3.22. The molecule has 0 aromatic carbocycles. The first-order chi connectivity index (χ1) is 11.0. The van der Waals surface area contributed by atoms with Crippen molar-refractivity contribution in [3.05, 3.63) is 0 Å². The molecular formula is C19H24O4. The monoisotopic (exact) mass is 316 g/mol. The number of hydrogen-bond acceptors (Lipinski definition) is 4. The summed E-state index contributed by atoms with van der Waals surface area (Å²) in [5.74, 6) is 1.81. The maximum atomic E-state index is 12.4. The predicted octanol–water partition coefficient (Wildman–Crippen LogP) is 2.48. The van der Waals surface area contributed by atoms with Crippen molar-refractivity contribution in [2.24, 2.45) is 28.6 Å². The third kappa shape index (κ3) is 1.42. The van der Waals surface area contributed by atoms with E-state index in [0.717, 1.165) is 38.4 Å². The molecule has 0 unspecified atom stereocenters. The van der Waals surface area contributed by atoms with Gasteiger partial charge in [0.15, 0.2) is 5.78 Å². The largest absolute Gasteiger partial charge is 0.357 e. The van der Waals surface area contributed by atoms with Gasteiger partial charge in [-0.2, -0.15) is 0 Å². The molecule has 1 aliphatic heterocycles. The number of Topliss-reactive ketones (excluding diaryl/α,β-unsaturated/α-hetero) is 2. The zero-order valence-corrected chi connectivity index (χ0v) is 13.7. The van der Waals surface area contributed by atoms with Gasteiger partial charge < -0.3 is 9.53 Å². The van der Waals surface area contributed by atoms with Crippen molar-refractivity contribution in [3.8, 4) is 0 Å². The lowest BCUT2D eigenvalue weighted by molar-refractivity contribution is -0.150. The Balaban J connectivity index is 1.56. The lowest BCUT2D eigenvalue weighted by Crippen LogP contribution is -2.60. The van der Waals surface area contributed by atoms with Crippen LogP contribution in [0.25, 0.3) is 0 Å². The minimum absolute atomic E-state index is 0.163. The summed E-state index contributed by atoms with van der Waals surface area (Å²) in [6, 6.07) is 0. The summed E-state index contributed by atoms with van der Waals surface area (Å²) < 4.78 is 5.93. The summed E-state index contributed by atoms with van der Waals surface area (Å²) in [4.78, 5) is 36.8. The van der Waals surface area contributed by atoms with Crippen molar-refractivity contribution in [1.29, 1.82) is 0 Å². The van der Waals surface area contributed by atoms with Crippen LogP contribution in [0.3, 0.4) is 0 Å². The molecule has 0 aromatic rings. The molecule has 23 heavy (non-hydrogen) atoms. The lowest BCUT2D eigenvalue weighted by Gasteiger charge is -2.57. The van der Waals surface area contributed by atoms with Crippen molar-refractivity contribution < 1.29 is 19.1 Å². The molecule has 124 valence electrons. The van der Waals surface area contributed by atoms with Crippen LogP contribution in [0.2, 0.25) is 0 Å². The lowest BCUT2D eigenvalue weighted by atomic mass is 9.45. The van der Waals surface area contributed by atoms with E-state index in [2.05, 4.69) is 6.92 Å². The van der Waals surface area contributed by atoms with Crippen molar-refractivity contribution in [1.82, 2.24) is 0 Å². The van der Waals surface area contributed by atoms with Crippen LogP contribution < -0.4 is 0 Å². The number of hydrogen-bond donors (Lipinski definition) is 0. The smallest absolute Gasteiger partial charge is 0.164 e. The molecular weight excluding hydrogens is 292 g/mol. The highest BCUT2D eigenvalue weighted by molar-refractivity contribution is 5.91. The number of rotatable bonds is 1. The molecule has 4 nitrogen and oxygen atoms in total. The van der Waals surface area contributed by atoms with Crippen molar-refractivity contribution in [2.45, 2.75) is 70.0 Å². The number of aldehydes is 1. The molecule has 4 aliphatic carbocycles. The minimum Gasteiger partial charge on any atom is -0.357 e. The molecule has 0 N–H and O–H groups in total. The van der Waals surface area contributed by atoms with Crippen LogP contribution in [0.1, 0.15) is 58.3 Å². The average molecular weight is 316 g/mol. The van der Waals surface area contributed by atoms with Crippen LogP contribution in [0, 0.1) is 28.6 Å². The van der Waals surface area contributed by atoms with Gasteiger partial charge in [-0.3, -0.25) is 9.59 Å². The van der Waals surface area contributed by atoms with Crippen LogP contribution in [0.5, 0.6) is 0 Å². The molecule has 0 amide bonds. The minimum atomic E-state index is -0.485. The highest BCUT2D eigenvalue weighted by atomic mass is 16.6. The summed E-state index contributed by atoms with van der Waals surface area (Å²) >= 11 is 0. The zero-order chi connectivity index (χ0) is 16.0. The van der Waals surface area contributed by atoms with Gasteiger partial charge in [0.25, 0.3) is 0 Å². The van der Waals surface area contributed by atoms with E-state index in [4.69, 9.17) is 4.74 Å². The highest BCUT2D eigenvalue weighted by Gasteiger charge is 2.78. The summed E-state index contributed by atoms with van der Waals surface area (Å²) in [7, 11) is 0. The molecule has 0 bridgehead atoms. The number of epoxide rings is 1. The van der Waals surface area contributed by atoms with Gasteiger partial charge in [-0.05, 0) is 56.3 Å². The maximum Gasteiger partial charge on any atom is 0.164 e. The molecule has 0 radical (unpaired) electrons. The van der Waals surface area contributed by atoms with E-state index >= 15 is 0 Å². The van der Waals surface area contributed by atoms with Gasteiger partial charge in [-0.1, -0.05) is 6.92 Å². The number of carbonyl (C=O) groups is 3. The Morgan fingerprint density at radius 3 is 2.65 bits per heavy atom. The first-order valence-corrected chi connectivity index (χ1v) is 9.19. The van der Waals surface area contributed by atoms with Gasteiger partial charge in [0, 0.05) is 18.3 Å². The van der Waals surface area contributed by atoms with Crippen LogP contribution in [-0.4, -0.2) is 29.6 Å². The third-order valence-electron chi connectivity index (χ3n) is 8.43. The molecule has 4 heteroatoms. The molecule has 5 rings (SSSR count). The first kappa shape index (κ1) is 14.3. The van der Waals surface area contributed by atoms with Crippen molar-refractivity contribution in [2.75, 3.05) is 0 Å². The topological polar surface area (TPSA) is 63.7 Å². The van der Waals surface area contributed by atoms with Gasteiger partial charge in [0.05, 0.1) is 5.41 Å². The summed E-state index contributed by atoms with van der Waals surface area (Å²) in [5, 5.41) is 0. The molecule has 0 aromatic heterocycles. The Labute approximate surface area is 136 Å². The molecule has 5 fully saturated rings. The fourth-order valence-corrected chi connectivity index (χ4v) is 7.18. The standard InChI is InChI=1S/C19H24O4/c1-17-7-5-13-11(12(17)2-3-15(17)22)4-9-19-16(23-19)14(21)6-8-18(13,19)10-20/h10-13,16H,2-9H2,1H3/t11-,12-,13-,16+,17-,18-,19+/m0/s1. The highest BCUT2D eigenvalue weighted by Crippen LogP contribution is 2.71. The number of carbonyl (C=O) groups excluding carboxylic acids is 3. The molecule has 5 aliphatic rings. The molecule has 1 saturated heterocycles. The van der Waals surface area contributed by atoms with E-state index in [1.165, 1.54) is 0 Å². The maximum absolute atomic E-state index is 12.4. The van der Waals surface area contributed by atoms with Gasteiger partial charge in [0.2, 0.25) is 0 Å². The van der Waals surface area contributed by atoms with Gasteiger partial charge in [-0.15, -0.1) is 0 Å². The van der Waals surface area contributed by atoms with Crippen LogP contribution in [0.4, 0.5) is 0 Å².